The summed E-state index contributed by atoms with van der Waals surface area (Å²) in [6.45, 7) is 3.98. The van der Waals surface area contributed by atoms with Crippen molar-refractivity contribution in [1.82, 2.24) is 34.0 Å². The Labute approximate surface area is 175 Å². The average Bonchev–Trinajstić information content (AvgIpc) is 3.32. The van der Waals surface area contributed by atoms with Crippen molar-refractivity contribution in [3.8, 4) is 0 Å². The summed E-state index contributed by atoms with van der Waals surface area (Å²) in [4.78, 5) is 22.2. The first kappa shape index (κ1) is 19.0. The predicted molar refractivity (Wildman–Crippen MR) is 113 cm³/mol. The van der Waals surface area contributed by atoms with Gasteiger partial charge in [0.25, 0.3) is 5.56 Å². The monoisotopic (exact) mass is 408 g/mol. The normalized spacial score (nSPS) is 20.6. The number of piperidine rings is 1. The number of rotatable bonds is 5. The van der Waals surface area contributed by atoms with Crippen molar-refractivity contribution in [2.24, 2.45) is 20.0 Å². The molecule has 5 rings (SSSR count). The molecule has 0 amide bonds. The minimum absolute atomic E-state index is 0.160. The summed E-state index contributed by atoms with van der Waals surface area (Å²) in [7, 11) is 5.89. The van der Waals surface area contributed by atoms with Crippen molar-refractivity contribution < 1.29 is 0 Å². The third-order valence-corrected chi connectivity index (χ3v) is 6.30. The quantitative estimate of drug-likeness (QED) is 0.626. The van der Waals surface area contributed by atoms with Crippen LogP contribution in [0, 0.1) is 5.92 Å². The molecule has 0 aromatic carbocycles. The molecular weight excluding hydrogens is 380 g/mol. The average molecular weight is 409 g/mol. The lowest BCUT2D eigenvalue weighted by atomic mass is 9.83. The van der Waals surface area contributed by atoms with E-state index in [-0.39, 0.29) is 5.56 Å². The zero-order valence-corrected chi connectivity index (χ0v) is 17.8. The van der Waals surface area contributed by atoms with Crippen molar-refractivity contribution in [2.75, 3.05) is 25.0 Å². The van der Waals surface area contributed by atoms with Crippen molar-refractivity contribution in [1.29, 1.82) is 0 Å². The molecule has 0 unspecified atom stereocenters. The molecular formula is C21H28N8O. The summed E-state index contributed by atoms with van der Waals surface area (Å²) in [5, 5.41) is 8.44. The summed E-state index contributed by atoms with van der Waals surface area (Å²) in [5.41, 5.74) is 3.32. The molecule has 1 saturated heterocycles. The maximum absolute atomic E-state index is 13.3. The standard InChI is InChI=1S/C21H28N8O/c1-25(8-16-7-23-26(2)9-16)12-17-4-5-19-18-6-15(11-29(19)20(17)30)10-28(13-18)21-22-14-24-27(21)3/h4-5,7,9,14-15,18H,6,8,10-13H2,1-3H3/t15-,18+/m0/s1. The summed E-state index contributed by atoms with van der Waals surface area (Å²) in [5.74, 6) is 1.72. The maximum Gasteiger partial charge on any atom is 0.255 e. The number of hydrogen-bond donors (Lipinski definition) is 0. The van der Waals surface area contributed by atoms with Gasteiger partial charge in [-0.3, -0.25) is 14.4 Å². The zero-order valence-electron chi connectivity index (χ0n) is 17.8. The molecule has 3 aromatic rings. The van der Waals surface area contributed by atoms with Crippen LogP contribution >= 0.6 is 0 Å². The fourth-order valence-corrected chi connectivity index (χ4v) is 5.06. The van der Waals surface area contributed by atoms with Crippen LogP contribution in [0.3, 0.4) is 0 Å². The Morgan fingerprint density at radius 3 is 2.73 bits per heavy atom. The molecule has 0 aliphatic carbocycles. The number of aryl methyl sites for hydroxylation is 2. The Balaban J connectivity index is 1.35. The Morgan fingerprint density at radius 1 is 1.13 bits per heavy atom. The first-order chi connectivity index (χ1) is 14.5. The molecule has 158 valence electrons. The molecule has 0 saturated carbocycles. The second-order valence-corrected chi connectivity index (χ2v) is 8.78. The molecule has 2 atom stereocenters. The molecule has 2 bridgehead atoms. The van der Waals surface area contributed by atoms with E-state index in [4.69, 9.17) is 0 Å². The van der Waals surface area contributed by atoms with Crippen molar-refractivity contribution in [3.05, 3.63) is 58.0 Å². The first-order valence-electron chi connectivity index (χ1n) is 10.5. The van der Waals surface area contributed by atoms with Gasteiger partial charge >= 0.3 is 0 Å². The van der Waals surface area contributed by atoms with Crippen molar-refractivity contribution in [3.63, 3.8) is 0 Å². The number of pyridine rings is 1. The minimum Gasteiger partial charge on any atom is -0.340 e. The van der Waals surface area contributed by atoms with Crippen molar-refractivity contribution >= 4 is 5.95 Å². The van der Waals surface area contributed by atoms with Crippen LogP contribution in [0.4, 0.5) is 5.95 Å². The highest BCUT2D eigenvalue weighted by molar-refractivity contribution is 5.34. The molecule has 30 heavy (non-hydrogen) atoms. The third-order valence-electron chi connectivity index (χ3n) is 6.30. The number of anilines is 1. The van der Waals surface area contributed by atoms with Crippen LogP contribution in [0.2, 0.25) is 0 Å². The van der Waals surface area contributed by atoms with Gasteiger partial charge in [0.15, 0.2) is 0 Å². The van der Waals surface area contributed by atoms with Crippen molar-refractivity contribution in [2.45, 2.75) is 32.0 Å². The van der Waals surface area contributed by atoms with Gasteiger partial charge in [-0.2, -0.15) is 15.2 Å². The van der Waals surface area contributed by atoms with Gasteiger partial charge in [-0.25, -0.2) is 4.68 Å². The SMILES string of the molecule is CN(Cc1cnn(C)c1)Cc1ccc2n(c1=O)C[C@H]1C[C@@H]2CN(c2ncnn2C)C1. The van der Waals surface area contributed by atoms with Gasteiger partial charge in [0.2, 0.25) is 5.95 Å². The van der Waals surface area contributed by atoms with Gasteiger partial charge in [0.05, 0.1) is 6.20 Å². The van der Waals surface area contributed by atoms with E-state index in [0.29, 0.717) is 18.4 Å². The minimum atomic E-state index is 0.160. The molecule has 2 aliphatic rings. The van der Waals surface area contributed by atoms with E-state index in [1.807, 2.05) is 48.9 Å². The summed E-state index contributed by atoms with van der Waals surface area (Å²) in [6, 6.07) is 4.19. The van der Waals surface area contributed by atoms with Crippen LogP contribution in [0.15, 0.2) is 35.6 Å². The van der Waals surface area contributed by atoms with Crippen LogP contribution in [0.25, 0.3) is 0 Å². The van der Waals surface area contributed by atoms with E-state index < -0.39 is 0 Å². The smallest absolute Gasteiger partial charge is 0.255 e. The first-order valence-corrected chi connectivity index (χ1v) is 10.5. The molecule has 0 spiro atoms. The van der Waals surface area contributed by atoms with E-state index in [1.54, 1.807) is 11.0 Å². The highest BCUT2D eigenvalue weighted by Crippen LogP contribution is 2.36. The van der Waals surface area contributed by atoms with E-state index >= 15 is 0 Å². The van der Waals surface area contributed by atoms with Gasteiger partial charge in [-0.05, 0) is 25.5 Å². The van der Waals surface area contributed by atoms with Crippen LogP contribution in [-0.4, -0.2) is 54.1 Å². The molecule has 3 aromatic heterocycles. The van der Waals surface area contributed by atoms with E-state index in [9.17, 15) is 4.79 Å². The third kappa shape index (κ3) is 3.43. The van der Waals surface area contributed by atoms with Gasteiger partial charge < -0.3 is 9.47 Å². The number of aromatic nitrogens is 6. The Kier molecular flexibility index (Phi) is 4.69. The lowest BCUT2D eigenvalue weighted by Gasteiger charge is -2.43. The molecule has 0 radical (unpaired) electrons. The molecule has 1 fully saturated rings. The molecule has 9 nitrogen and oxygen atoms in total. The Morgan fingerprint density at radius 2 is 2.00 bits per heavy atom. The summed E-state index contributed by atoms with van der Waals surface area (Å²) in [6.07, 6.45) is 6.63. The van der Waals surface area contributed by atoms with E-state index in [2.05, 4.69) is 31.0 Å². The topological polar surface area (TPSA) is 77.0 Å². The highest BCUT2D eigenvalue weighted by atomic mass is 16.1. The maximum atomic E-state index is 13.3. The lowest BCUT2D eigenvalue weighted by molar-refractivity contribution is 0.274. The number of hydrogen-bond acceptors (Lipinski definition) is 6. The highest BCUT2D eigenvalue weighted by Gasteiger charge is 2.36. The Bertz CT molecular complexity index is 1110. The second kappa shape index (κ2) is 7.39. The van der Waals surface area contributed by atoms with E-state index in [0.717, 1.165) is 55.4 Å². The van der Waals surface area contributed by atoms with Crippen LogP contribution in [0.5, 0.6) is 0 Å². The molecule has 5 heterocycles. The summed E-state index contributed by atoms with van der Waals surface area (Å²) < 4.78 is 5.66. The largest absolute Gasteiger partial charge is 0.340 e. The summed E-state index contributed by atoms with van der Waals surface area (Å²) >= 11 is 0. The lowest BCUT2D eigenvalue weighted by Crippen LogP contribution is -2.48. The molecule has 2 aliphatic heterocycles. The van der Waals surface area contributed by atoms with E-state index in [1.165, 1.54) is 0 Å². The van der Waals surface area contributed by atoms with Gasteiger partial charge in [-0.15, -0.1) is 0 Å². The van der Waals surface area contributed by atoms with Crippen LogP contribution < -0.4 is 10.5 Å². The number of fused-ring (bicyclic) bond motifs is 4. The Hall–Kier alpha value is -2.94. The van der Waals surface area contributed by atoms with Gasteiger partial charge in [0.1, 0.15) is 6.33 Å². The van der Waals surface area contributed by atoms with Crippen LogP contribution in [0.1, 0.15) is 29.2 Å². The fourth-order valence-electron chi connectivity index (χ4n) is 5.06. The van der Waals surface area contributed by atoms with Gasteiger partial charge in [0, 0.05) is 75.8 Å². The zero-order chi connectivity index (χ0) is 20.8. The van der Waals surface area contributed by atoms with Crippen LogP contribution in [-0.2, 0) is 33.7 Å². The second-order valence-electron chi connectivity index (χ2n) is 8.78. The number of nitrogens with zero attached hydrogens (tertiary/aromatic N) is 8. The fraction of sp³-hybridized carbons (Fsp3) is 0.524. The van der Waals surface area contributed by atoms with Gasteiger partial charge in [-0.1, -0.05) is 6.07 Å². The molecule has 0 N–H and O–H groups in total. The predicted octanol–water partition coefficient (Wildman–Crippen LogP) is 0.966. The molecule has 9 heteroatoms.